The normalized spacial score (nSPS) is 12.4. The van der Waals surface area contributed by atoms with E-state index in [-0.39, 0.29) is 5.54 Å². The second kappa shape index (κ2) is 5.12. The molecule has 0 N–H and O–H groups in total. The van der Waals surface area contributed by atoms with Gasteiger partial charge in [0.05, 0.1) is 5.54 Å². The molecule has 72 valence electrons. The fourth-order valence-corrected chi connectivity index (χ4v) is 0.642. The van der Waals surface area contributed by atoms with E-state index in [0.717, 1.165) is 6.54 Å². The predicted molar refractivity (Wildman–Crippen MR) is 52.1 cm³/mol. The van der Waals surface area contributed by atoms with E-state index < -0.39 is 0 Å². The van der Waals surface area contributed by atoms with Crippen LogP contribution in [0.3, 0.4) is 0 Å². The van der Waals surface area contributed by atoms with Gasteiger partial charge in [0, 0.05) is 13.6 Å². The molecule has 0 aliphatic carbocycles. The van der Waals surface area contributed by atoms with Crippen LogP contribution in [0.1, 0.15) is 40.5 Å². The van der Waals surface area contributed by atoms with E-state index in [0.29, 0.717) is 0 Å². The quantitative estimate of drug-likeness (QED) is 0.472. The standard InChI is InChI=1S/C9H21N3/c1-6-7-8-12(5)11-10-9(2,3)4/h6-8H2,1-5H3. The van der Waals surface area contributed by atoms with E-state index >= 15 is 0 Å². The van der Waals surface area contributed by atoms with Gasteiger partial charge in [0.25, 0.3) is 0 Å². The SMILES string of the molecule is CCCCN(C)N=NC(C)(C)C. The molecule has 0 unspecified atom stereocenters. The summed E-state index contributed by atoms with van der Waals surface area (Å²) >= 11 is 0. The van der Waals surface area contributed by atoms with Crippen LogP contribution in [0.4, 0.5) is 0 Å². The number of nitrogens with zero attached hydrogens (tertiary/aromatic N) is 3. The van der Waals surface area contributed by atoms with Crippen molar-refractivity contribution in [3.8, 4) is 0 Å². The predicted octanol–water partition coefficient (Wildman–Crippen LogP) is 2.88. The summed E-state index contributed by atoms with van der Waals surface area (Å²) in [6.45, 7) is 9.31. The maximum atomic E-state index is 4.16. The Bertz CT molecular complexity index is 135. The minimum Gasteiger partial charge on any atom is -0.282 e. The van der Waals surface area contributed by atoms with Crippen molar-refractivity contribution in [2.45, 2.75) is 46.1 Å². The van der Waals surface area contributed by atoms with Gasteiger partial charge in [-0.25, -0.2) is 0 Å². The summed E-state index contributed by atoms with van der Waals surface area (Å²) in [5, 5.41) is 10.1. The van der Waals surface area contributed by atoms with Crippen molar-refractivity contribution in [1.82, 2.24) is 5.01 Å². The van der Waals surface area contributed by atoms with E-state index in [9.17, 15) is 0 Å². The zero-order valence-corrected chi connectivity index (χ0v) is 8.96. The Hall–Kier alpha value is -0.600. The third-order valence-corrected chi connectivity index (χ3v) is 1.33. The van der Waals surface area contributed by atoms with Gasteiger partial charge in [-0.05, 0) is 27.2 Å². The molecule has 3 nitrogen and oxygen atoms in total. The Balaban J connectivity index is 3.68. The Kier molecular flexibility index (Phi) is 4.86. The van der Waals surface area contributed by atoms with Gasteiger partial charge in [0.15, 0.2) is 0 Å². The molecule has 0 heterocycles. The largest absolute Gasteiger partial charge is 0.282 e. The highest BCUT2D eigenvalue weighted by Crippen LogP contribution is 2.07. The molecule has 0 aromatic heterocycles. The van der Waals surface area contributed by atoms with Gasteiger partial charge in [-0.1, -0.05) is 18.6 Å². The summed E-state index contributed by atoms with van der Waals surface area (Å²) < 4.78 is 0. The van der Waals surface area contributed by atoms with E-state index in [1.54, 1.807) is 0 Å². The molecular formula is C9H21N3. The van der Waals surface area contributed by atoms with E-state index in [1.165, 1.54) is 12.8 Å². The van der Waals surface area contributed by atoms with Crippen LogP contribution >= 0.6 is 0 Å². The molecule has 0 radical (unpaired) electrons. The zero-order valence-electron chi connectivity index (χ0n) is 8.96. The fourth-order valence-electron chi connectivity index (χ4n) is 0.642. The maximum Gasteiger partial charge on any atom is 0.0753 e. The van der Waals surface area contributed by atoms with Gasteiger partial charge in [-0.2, -0.15) is 5.11 Å². The monoisotopic (exact) mass is 171 g/mol. The molecule has 0 aliphatic rings. The second-order valence-corrected chi connectivity index (χ2v) is 4.10. The molecule has 0 aromatic carbocycles. The Morgan fingerprint density at radius 3 is 2.25 bits per heavy atom. The third kappa shape index (κ3) is 7.51. The average Bonchev–Trinajstić information content (AvgIpc) is 1.95. The highest BCUT2D eigenvalue weighted by molar-refractivity contribution is 4.66. The van der Waals surface area contributed by atoms with Crippen molar-refractivity contribution in [2.24, 2.45) is 10.3 Å². The number of hydrogen-bond donors (Lipinski definition) is 0. The van der Waals surface area contributed by atoms with Crippen LogP contribution in [0.15, 0.2) is 10.3 Å². The summed E-state index contributed by atoms with van der Waals surface area (Å²) in [5.41, 5.74) is -0.0551. The van der Waals surface area contributed by atoms with E-state index in [1.807, 2.05) is 32.8 Å². The summed E-state index contributed by atoms with van der Waals surface area (Å²) in [6.07, 6.45) is 2.38. The third-order valence-electron chi connectivity index (χ3n) is 1.33. The maximum absolute atomic E-state index is 4.16. The van der Waals surface area contributed by atoms with Gasteiger partial charge in [0.2, 0.25) is 0 Å². The smallest absolute Gasteiger partial charge is 0.0753 e. The summed E-state index contributed by atoms with van der Waals surface area (Å²) in [6, 6.07) is 0. The van der Waals surface area contributed by atoms with Crippen molar-refractivity contribution in [3.63, 3.8) is 0 Å². The lowest BCUT2D eigenvalue weighted by Crippen LogP contribution is -2.15. The molecule has 0 aliphatic heterocycles. The van der Waals surface area contributed by atoms with Crippen LogP contribution in [0, 0.1) is 0 Å². The van der Waals surface area contributed by atoms with Crippen molar-refractivity contribution in [2.75, 3.05) is 13.6 Å². The van der Waals surface area contributed by atoms with Gasteiger partial charge in [-0.15, -0.1) is 0 Å². The van der Waals surface area contributed by atoms with Gasteiger partial charge in [0.1, 0.15) is 0 Å². The lowest BCUT2D eigenvalue weighted by molar-refractivity contribution is 0.302. The highest BCUT2D eigenvalue weighted by Gasteiger charge is 2.06. The molecule has 3 heteroatoms. The van der Waals surface area contributed by atoms with Crippen molar-refractivity contribution < 1.29 is 0 Å². The first-order valence-corrected chi connectivity index (χ1v) is 4.59. The first kappa shape index (κ1) is 11.4. The van der Waals surface area contributed by atoms with Crippen molar-refractivity contribution in [1.29, 1.82) is 0 Å². The van der Waals surface area contributed by atoms with E-state index in [4.69, 9.17) is 0 Å². The summed E-state index contributed by atoms with van der Waals surface area (Å²) in [5.74, 6) is 0. The van der Waals surface area contributed by atoms with Crippen molar-refractivity contribution >= 4 is 0 Å². The number of rotatable bonds is 4. The molecular weight excluding hydrogens is 150 g/mol. The highest BCUT2D eigenvalue weighted by atomic mass is 15.5. The van der Waals surface area contributed by atoms with Crippen LogP contribution in [0.2, 0.25) is 0 Å². The molecule has 0 aromatic rings. The zero-order chi connectivity index (χ0) is 9.61. The van der Waals surface area contributed by atoms with Gasteiger partial charge >= 0.3 is 0 Å². The van der Waals surface area contributed by atoms with Crippen LogP contribution in [-0.2, 0) is 0 Å². The molecule has 0 rings (SSSR count). The number of unbranched alkanes of at least 4 members (excludes halogenated alkanes) is 1. The fraction of sp³-hybridized carbons (Fsp3) is 1.00. The molecule has 0 bridgehead atoms. The molecule has 0 saturated heterocycles. The molecule has 0 amide bonds. The van der Waals surface area contributed by atoms with Gasteiger partial charge < -0.3 is 0 Å². The number of hydrogen-bond acceptors (Lipinski definition) is 2. The minimum absolute atomic E-state index is 0.0551. The summed E-state index contributed by atoms with van der Waals surface area (Å²) in [4.78, 5) is 0. The molecule has 0 fully saturated rings. The summed E-state index contributed by atoms with van der Waals surface area (Å²) in [7, 11) is 1.96. The Labute approximate surface area is 75.8 Å². The first-order chi connectivity index (χ1) is 5.45. The molecule has 0 saturated carbocycles. The molecule has 12 heavy (non-hydrogen) atoms. The Morgan fingerprint density at radius 1 is 1.25 bits per heavy atom. The van der Waals surface area contributed by atoms with Crippen LogP contribution < -0.4 is 0 Å². The lowest BCUT2D eigenvalue weighted by atomic mass is 10.1. The lowest BCUT2D eigenvalue weighted by Gasteiger charge is -2.14. The van der Waals surface area contributed by atoms with Gasteiger partial charge in [-0.3, -0.25) is 5.01 Å². The second-order valence-electron chi connectivity index (χ2n) is 4.10. The van der Waals surface area contributed by atoms with Crippen molar-refractivity contribution in [3.05, 3.63) is 0 Å². The van der Waals surface area contributed by atoms with Crippen LogP contribution in [-0.4, -0.2) is 24.1 Å². The average molecular weight is 171 g/mol. The Morgan fingerprint density at radius 2 is 1.83 bits per heavy atom. The topological polar surface area (TPSA) is 28.0 Å². The molecule has 0 atom stereocenters. The van der Waals surface area contributed by atoms with Crippen LogP contribution in [0.5, 0.6) is 0 Å². The first-order valence-electron chi connectivity index (χ1n) is 4.59. The van der Waals surface area contributed by atoms with E-state index in [2.05, 4.69) is 17.3 Å². The van der Waals surface area contributed by atoms with Crippen LogP contribution in [0.25, 0.3) is 0 Å². The minimum atomic E-state index is -0.0551. The molecule has 0 spiro atoms.